The van der Waals surface area contributed by atoms with E-state index in [1.165, 1.54) is 12.1 Å². The second kappa shape index (κ2) is 3.47. The first kappa shape index (κ1) is 10.4. The van der Waals surface area contributed by atoms with Crippen LogP contribution in [-0.2, 0) is 5.41 Å². The maximum Gasteiger partial charge on any atom is 0.273 e. The van der Waals surface area contributed by atoms with Crippen LogP contribution >= 0.6 is 11.6 Å². The van der Waals surface area contributed by atoms with Gasteiger partial charge in [0, 0.05) is 22.1 Å². The van der Waals surface area contributed by atoms with Crippen LogP contribution in [0.5, 0.6) is 0 Å². The Bertz CT molecular complexity index is 415. The lowest BCUT2D eigenvalue weighted by Crippen LogP contribution is -2.14. The van der Waals surface area contributed by atoms with E-state index in [0.717, 1.165) is 12.8 Å². The number of benzene rings is 1. The molecular weight excluding hydrogens is 218 g/mol. The van der Waals surface area contributed by atoms with Crippen LogP contribution in [0, 0.1) is 10.1 Å². The third kappa shape index (κ3) is 1.70. The second-order valence-electron chi connectivity index (χ2n) is 3.86. The number of nitro groups is 1. The topological polar surface area (TPSA) is 63.4 Å². The predicted molar refractivity (Wildman–Crippen MR) is 56.1 cm³/mol. The Morgan fingerprint density at radius 3 is 2.67 bits per heavy atom. The molecule has 0 spiro atoms. The van der Waals surface area contributed by atoms with Gasteiger partial charge < -0.3 is 5.11 Å². The van der Waals surface area contributed by atoms with Gasteiger partial charge in [-0.1, -0.05) is 11.6 Å². The molecule has 2 rings (SSSR count). The van der Waals surface area contributed by atoms with Crippen molar-refractivity contribution >= 4 is 17.3 Å². The Morgan fingerprint density at radius 2 is 2.20 bits per heavy atom. The van der Waals surface area contributed by atoms with Gasteiger partial charge in [-0.3, -0.25) is 10.1 Å². The summed E-state index contributed by atoms with van der Waals surface area (Å²) in [5.74, 6) is 0. The Labute approximate surface area is 91.6 Å². The number of rotatable bonds is 3. The van der Waals surface area contributed by atoms with E-state index in [4.69, 9.17) is 11.6 Å². The highest BCUT2D eigenvalue weighted by molar-refractivity contribution is 6.30. The molecule has 0 saturated heterocycles. The predicted octanol–water partition coefficient (Wildman–Crippen LogP) is 2.27. The standard InChI is InChI=1S/C10H10ClNO3/c11-7-1-2-9(12(14)15)8(5-7)10(6-13)3-4-10/h1-2,5,13H,3-4,6H2. The summed E-state index contributed by atoms with van der Waals surface area (Å²) in [6.45, 7) is -0.0613. The minimum Gasteiger partial charge on any atom is -0.395 e. The molecular formula is C10H10ClNO3. The van der Waals surface area contributed by atoms with E-state index in [9.17, 15) is 15.2 Å². The zero-order chi connectivity index (χ0) is 11.1. The van der Waals surface area contributed by atoms with Crippen LogP contribution in [0.3, 0.4) is 0 Å². The van der Waals surface area contributed by atoms with Crippen molar-refractivity contribution in [2.45, 2.75) is 18.3 Å². The average Bonchev–Trinajstić information content (AvgIpc) is 2.97. The lowest BCUT2D eigenvalue weighted by molar-refractivity contribution is -0.385. The Balaban J connectivity index is 2.53. The van der Waals surface area contributed by atoms with Crippen LogP contribution in [0.2, 0.25) is 5.02 Å². The van der Waals surface area contributed by atoms with Crippen LogP contribution in [0.4, 0.5) is 5.69 Å². The van der Waals surface area contributed by atoms with Crippen LogP contribution in [0.1, 0.15) is 18.4 Å². The first-order valence-electron chi connectivity index (χ1n) is 4.64. The van der Waals surface area contributed by atoms with E-state index in [2.05, 4.69) is 0 Å². The van der Waals surface area contributed by atoms with Gasteiger partial charge >= 0.3 is 0 Å². The van der Waals surface area contributed by atoms with Gasteiger partial charge in [0.2, 0.25) is 0 Å². The third-order valence-corrected chi connectivity index (χ3v) is 3.12. The van der Waals surface area contributed by atoms with Gasteiger partial charge in [-0.2, -0.15) is 0 Å². The zero-order valence-electron chi connectivity index (χ0n) is 7.94. The molecule has 0 aliphatic heterocycles. The molecule has 0 amide bonds. The number of nitro benzene ring substituents is 1. The summed E-state index contributed by atoms with van der Waals surface area (Å²) in [6, 6.07) is 4.48. The van der Waals surface area contributed by atoms with Crippen molar-refractivity contribution in [2.24, 2.45) is 0 Å². The van der Waals surface area contributed by atoms with Gasteiger partial charge in [0.05, 0.1) is 11.5 Å². The molecule has 1 aliphatic rings. The monoisotopic (exact) mass is 227 g/mol. The van der Waals surface area contributed by atoms with E-state index in [1.807, 2.05) is 0 Å². The van der Waals surface area contributed by atoms with Gasteiger partial charge in [0.25, 0.3) is 5.69 Å². The molecule has 80 valence electrons. The molecule has 1 aliphatic carbocycles. The summed E-state index contributed by atoms with van der Waals surface area (Å²) < 4.78 is 0. The third-order valence-electron chi connectivity index (χ3n) is 2.88. The zero-order valence-corrected chi connectivity index (χ0v) is 8.70. The summed E-state index contributed by atoms with van der Waals surface area (Å²) in [7, 11) is 0. The number of nitrogens with zero attached hydrogens (tertiary/aromatic N) is 1. The van der Waals surface area contributed by atoms with Crippen LogP contribution < -0.4 is 0 Å². The summed E-state index contributed by atoms with van der Waals surface area (Å²) in [5.41, 5.74) is 0.182. The van der Waals surface area contributed by atoms with Crippen molar-refractivity contribution in [1.82, 2.24) is 0 Å². The first-order valence-corrected chi connectivity index (χ1v) is 5.02. The fourth-order valence-electron chi connectivity index (χ4n) is 1.76. The van der Waals surface area contributed by atoms with Crippen molar-refractivity contribution in [3.05, 3.63) is 38.9 Å². The summed E-state index contributed by atoms with van der Waals surface area (Å²) in [4.78, 5) is 10.4. The van der Waals surface area contributed by atoms with E-state index >= 15 is 0 Å². The van der Waals surface area contributed by atoms with E-state index in [0.29, 0.717) is 10.6 Å². The summed E-state index contributed by atoms with van der Waals surface area (Å²) in [5, 5.41) is 20.5. The van der Waals surface area contributed by atoms with Crippen molar-refractivity contribution in [2.75, 3.05) is 6.61 Å². The molecule has 1 aromatic rings. The lowest BCUT2D eigenvalue weighted by Gasteiger charge is -2.12. The van der Waals surface area contributed by atoms with E-state index in [-0.39, 0.29) is 12.3 Å². The number of aliphatic hydroxyl groups excluding tert-OH is 1. The number of aliphatic hydroxyl groups is 1. The molecule has 1 aromatic carbocycles. The smallest absolute Gasteiger partial charge is 0.273 e. The molecule has 1 fully saturated rings. The van der Waals surface area contributed by atoms with Crippen LogP contribution in [-0.4, -0.2) is 16.6 Å². The summed E-state index contributed by atoms with van der Waals surface area (Å²) >= 11 is 5.81. The van der Waals surface area contributed by atoms with E-state index in [1.54, 1.807) is 6.07 Å². The SMILES string of the molecule is O=[N+]([O-])c1ccc(Cl)cc1C1(CO)CC1. The first-order chi connectivity index (χ1) is 7.09. The summed E-state index contributed by atoms with van der Waals surface area (Å²) in [6.07, 6.45) is 1.56. The van der Waals surface area contributed by atoms with Gasteiger partial charge in [0.15, 0.2) is 0 Å². The molecule has 5 heteroatoms. The lowest BCUT2D eigenvalue weighted by atomic mass is 9.95. The van der Waals surface area contributed by atoms with Gasteiger partial charge in [-0.15, -0.1) is 0 Å². The maximum atomic E-state index is 10.8. The molecule has 0 atom stereocenters. The van der Waals surface area contributed by atoms with Crippen molar-refractivity contribution in [1.29, 1.82) is 0 Å². The van der Waals surface area contributed by atoms with Crippen LogP contribution in [0.15, 0.2) is 18.2 Å². The molecule has 0 radical (unpaired) electrons. The molecule has 0 bridgehead atoms. The Morgan fingerprint density at radius 1 is 1.53 bits per heavy atom. The number of hydrogen-bond donors (Lipinski definition) is 1. The highest BCUT2D eigenvalue weighted by Crippen LogP contribution is 2.51. The van der Waals surface area contributed by atoms with Crippen molar-refractivity contribution in [3.8, 4) is 0 Å². The molecule has 0 aromatic heterocycles. The van der Waals surface area contributed by atoms with E-state index < -0.39 is 10.3 Å². The molecule has 0 unspecified atom stereocenters. The fourth-order valence-corrected chi connectivity index (χ4v) is 1.93. The van der Waals surface area contributed by atoms with Crippen LogP contribution in [0.25, 0.3) is 0 Å². The van der Waals surface area contributed by atoms with Gasteiger partial charge in [0.1, 0.15) is 0 Å². The normalized spacial score (nSPS) is 17.5. The highest BCUT2D eigenvalue weighted by Gasteiger charge is 2.47. The molecule has 15 heavy (non-hydrogen) atoms. The molecule has 1 N–H and O–H groups in total. The van der Waals surface area contributed by atoms with Crippen molar-refractivity contribution in [3.63, 3.8) is 0 Å². The minimum absolute atomic E-state index is 0.0472. The number of hydrogen-bond acceptors (Lipinski definition) is 3. The largest absolute Gasteiger partial charge is 0.395 e. The van der Waals surface area contributed by atoms with Gasteiger partial charge in [-0.05, 0) is 25.0 Å². The van der Waals surface area contributed by atoms with Gasteiger partial charge in [-0.25, -0.2) is 0 Å². The Kier molecular flexibility index (Phi) is 2.40. The second-order valence-corrected chi connectivity index (χ2v) is 4.29. The average molecular weight is 228 g/mol. The Hall–Kier alpha value is -1.13. The molecule has 1 saturated carbocycles. The quantitative estimate of drug-likeness (QED) is 0.636. The number of halogens is 1. The maximum absolute atomic E-state index is 10.8. The fraction of sp³-hybridized carbons (Fsp3) is 0.400. The molecule has 4 nitrogen and oxygen atoms in total. The highest BCUT2D eigenvalue weighted by atomic mass is 35.5. The minimum atomic E-state index is -0.429. The molecule has 0 heterocycles. The van der Waals surface area contributed by atoms with Crippen molar-refractivity contribution < 1.29 is 10.0 Å².